The number of fused-ring (bicyclic) bond motifs is 1. The Kier molecular flexibility index (Phi) is 2.56. The van der Waals surface area contributed by atoms with Gasteiger partial charge in [-0.3, -0.25) is 5.41 Å². The van der Waals surface area contributed by atoms with Gasteiger partial charge in [-0.2, -0.15) is 0 Å². The maximum absolute atomic E-state index is 9.84. The molecule has 0 fully saturated rings. The van der Waals surface area contributed by atoms with Gasteiger partial charge in [0.1, 0.15) is 11.6 Å². The molecular formula is C16H16N2O. The molecular weight excluding hydrogens is 236 g/mol. The van der Waals surface area contributed by atoms with Crippen LogP contribution >= 0.6 is 0 Å². The molecule has 3 rings (SSSR count). The molecule has 2 aromatic rings. The van der Waals surface area contributed by atoms with E-state index in [-0.39, 0.29) is 0 Å². The molecule has 0 spiro atoms. The Morgan fingerprint density at radius 3 is 2.37 bits per heavy atom. The second-order valence-corrected chi connectivity index (χ2v) is 5.02. The van der Waals surface area contributed by atoms with Crippen molar-refractivity contribution < 1.29 is 5.11 Å². The molecule has 2 N–H and O–H groups in total. The van der Waals surface area contributed by atoms with Crippen LogP contribution in [0.4, 0.5) is 5.69 Å². The first-order valence-corrected chi connectivity index (χ1v) is 6.32. The van der Waals surface area contributed by atoms with E-state index in [0.29, 0.717) is 11.6 Å². The number of aromatic hydroxyl groups is 1. The molecule has 0 unspecified atom stereocenters. The standard InChI is InChI=1S/C16H16N2O/c1-10-7-13(8-11(2)15(10)19)18-9-12-5-3-4-6-14(12)16(18)17/h3-8,17,19H,9H2,1-2H3. The number of anilines is 1. The van der Waals surface area contributed by atoms with Gasteiger partial charge in [-0.15, -0.1) is 0 Å². The Labute approximate surface area is 112 Å². The monoisotopic (exact) mass is 252 g/mol. The number of aryl methyl sites for hydroxylation is 2. The highest BCUT2D eigenvalue weighted by molar-refractivity contribution is 6.11. The predicted octanol–water partition coefficient (Wildman–Crippen LogP) is 3.35. The number of phenolic OH excluding ortho intramolecular Hbond substituents is 1. The zero-order valence-corrected chi connectivity index (χ0v) is 11.1. The summed E-state index contributed by atoms with van der Waals surface area (Å²) in [5.74, 6) is 0.868. The maximum Gasteiger partial charge on any atom is 0.133 e. The van der Waals surface area contributed by atoms with Crippen LogP contribution in [0.25, 0.3) is 0 Å². The highest BCUT2D eigenvalue weighted by Gasteiger charge is 2.25. The van der Waals surface area contributed by atoms with Gasteiger partial charge in [0.15, 0.2) is 0 Å². The molecule has 19 heavy (non-hydrogen) atoms. The largest absolute Gasteiger partial charge is 0.507 e. The van der Waals surface area contributed by atoms with E-state index < -0.39 is 0 Å². The summed E-state index contributed by atoms with van der Waals surface area (Å²) in [7, 11) is 0. The summed E-state index contributed by atoms with van der Waals surface area (Å²) in [5, 5.41) is 18.1. The van der Waals surface area contributed by atoms with Crippen molar-refractivity contribution in [2.75, 3.05) is 4.90 Å². The topological polar surface area (TPSA) is 47.3 Å². The van der Waals surface area contributed by atoms with E-state index in [1.165, 1.54) is 5.56 Å². The zero-order valence-electron chi connectivity index (χ0n) is 11.1. The molecule has 0 radical (unpaired) electrons. The summed E-state index contributed by atoms with van der Waals surface area (Å²) in [4.78, 5) is 1.98. The van der Waals surface area contributed by atoms with Gasteiger partial charge in [0.2, 0.25) is 0 Å². The summed E-state index contributed by atoms with van der Waals surface area (Å²) in [6, 6.07) is 11.9. The van der Waals surface area contributed by atoms with Crippen LogP contribution in [0.15, 0.2) is 36.4 Å². The van der Waals surface area contributed by atoms with Crippen molar-refractivity contribution in [3.05, 3.63) is 58.7 Å². The molecule has 3 heteroatoms. The van der Waals surface area contributed by atoms with Gasteiger partial charge in [0.05, 0.1) is 6.54 Å². The number of nitrogens with zero attached hydrogens (tertiary/aromatic N) is 1. The van der Waals surface area contributed by atoms with Crippen molar-refractivity contribution in [2.24, 2.45) is 0 Å². The molecule has 0 amide bonds. The first kappa shape index (κ1) is 11.8. The van der Waals surface area contributed by atoms with Crippen LogP contribution < -0.4 is 4.90 Å². The number of phenols is 1. The first-order chi connectivity index (χ1) is 9.08. The second kappa shape index (κ2) is 4.12. The summed E-state index contributed by atoms with van der Waals surface area (Å²) < 4.78 is 0. The Morgan fingerprint density at radius 1 is 1.11 bits per heavy atom. The smallest absolute Gasteiger partial charge is 0.133 e. The number of nitrogens with one attached hydrogen (secondary N) is 1. The van der Waals surface area contributed by atoms with Crippen molar-refractivity contribution in [3.63, 3.8) is 0 Å². The van der Waals surface area contributed by atoms with Crippen molar-refractivity contribution in [1.82, 2.24) is 0 Å². The molecule has 1 aliphatic rings. The number of benzene rings is 2. The van der Waals surface area contributed by atoms with E-state index in [0.717, 1.165) is 28.9 Å². The highest BCUT2D eigenvalue weighted by Crippen LogP contribution is 2.32. The van der Waals surface area contributed by atoms with E-state index in [4.69, 9.17) is 5.41 Å². The quantitative estimate of drug-likeness (QED) is 0.817. The Balaban J connectivity index is 2.05. The lowest BCUT2D eigenvalue weighted by Crippen LogP contribution is -2.23. The third-order valence-corrected chi connectivity index (χ3v) is 3.66. The molecule has 0 saturated carbocycles. The van der Waals surface area contributed by atoms with Gasteiger partial charge in [-0.1, -0.05) is 24.3 Å². The van der Waals surface area contributed by atoms with Gasteiger partial charge in [-0.05, 0) is 42.7 Å². The molecule has 96 valence electrons. The number of hydrogen-bond donors (Lipinski definition) is 2. The van der Waals surface area contributed by atoms with E-state index in [2.05, 4.69) is 6.07 Å². The van der Waals surface area contributed by atoms with Crippen LogP contribution in [-0.4, -0.2) is 10.9 Å². The summed E-state index contributed by atoms with van der Waals surface area (Å²) in [6.07, 6.45) is 0. The fraction of sp³-hybridized carbons (Fsp3) is 0.188. The van der Waals surface area contributed by atoms with E-state index in [1.54, 1.807) is 0 Å². The van der Waals surface area contributed by atoms with Crippen molar-refractivity contribution in [1.29, 1.82) is 5.41 Å². The molecule has 0 saturated heterocycles. The number of rotatable bonds is 1. The molecule has 0 bridgehead atoms. The van der Waals surface area contributed by atoms with Crippen molar-refractivity contribution in [2.45, 2.75) is 20.4 Å². The van der Waals surface area contributed by atoms with E-state index in [9.17, 15) is 5.11 Å². The zero-order chi connectivity index (χ0) is 13.6. The molecule has 2 aromatic carbocycles. The molecule has 1 heterocycles. The minimum absolute atomic E-state index is 0.340. The summed E-state index contributed by atoms with van der Waals surface area (Å²) >= 11 is 0. The summed E-state index contributed by atoms with van der Waals surface area (Å²) in [5.41, 5.74) is 4.83. The number of amidine groups is 1. The maximum atomic E-state index is 9.84. The lowest BCUT2D eigenvalue weighted by molar-refractivity contribution is 0.467. The molecule has 3 nitrogen and oxygen atoms in total. The molecule has 0 atom stereocenters. The van der Waals surface area contributed by atoms with Crippen molar-refractivity contribution >= 4 is 11.5 Å². The SMILES string of the molecule is Cc1cc(N2Cc3ccccc3C2=N)cc(C)c1O. The van der Waals surface area contributed by atoms with E-state index >= 15 is 0 Å². The minimum Gasteiger partial charge on any atom is -0.507 e. The molecule has 0 aromatic heterocycles. The Hall–Kier alpha value is -2.29. The molecule has 0 aliphatic carbocycles. The van der Waals surface area contributed by atoms with Crippen LogP contribution in [0.1, 0.15) is 22.3 Å². The van der Waals surface area contributed by atoms with Crippen molar-refractivity contribution in [3.8, 4) is 5.75 Å². The minimum atomic E-state index is 0.340. The Morgan fingerprint density at radius 2 is 1.74 bits per heavy atom. The third kappa shape index (κ3) is 1.78. The third-order valence-electron chi connectivity index (χ3n) is 3.66. The molecule has 1 aliphatic heterocycles. The van der Waals surface area contributed by atoms with Crippen LogP contribution in [0, 0.1) is 19.3 Å². The lowest BCUT2D eigenvalue weighted by Gasteiger charge is -2.20. The average molecular weight is 252 g/mol. The fourth-order valence-corrected chi connectivity index (χ4v) is 2.59. The van der Waals surface area contributed by atoms with Gasteiger partial charge in [0.25, 0.3) is 0 Å². The average Bonchev–Trinajstić information content (AvgIpc) is 2.73. The van der Waals surface area contributed by atoms with Crippen LogP contribution in [0.5, 0.6) is 5.75 Å². The van der Waals surface area contributed by atoms with Crippen LogP contribution in [0.2, 0.25) is 0 Å². The highest BCUT2D eigenvalue weighted by atomic mass is 16.3. The van der Waals surface area contributed by atoms with Gasteiger partial charge >= 0.3 is 0 Å². The Bertz CT molecular complexity index is 653. The second-order valence-electron chi connectivity index (χ2n) is 5.02. The normalized spacial score (nSPS) is 13.8. The van der Waals surface area contributed by atoms with Crippen LogP contribution in [-0.2, 0) is 6.54 Å². The first-order valence-electron chi connectivity index (χ1n) is 6.32. The number of hydrogen-bond acceptors (Lipinski definition) is 2. The summed E-state index contributed by atoms with van der Waals surface area (Å²) in [6.45, 7) is 4.50. The predicted molar refractivity (Wildman–Crippen MR) is 77.0 cm³/mol. The van der Waals surface area contributed by atoms with E-state index in [1.807, 2.05) is 49.1 Å². The van der Waals surface area contributed by atoms with Gasteiger partial charge in [-0.25, -0.2) is 0 Å². The fourth-order valence-electron chi connectivity index (χ4n) is 2.59. The van der Waals surface area contributed by atoms with Gasteiger partial charge < -0.3 is 10.0 Å². The lowest BCUT2D eigenvalue weighted by atomic mass is 10.1. The van der Waals surface area contributed by atoms with Gasteiger partial charge in [0, 0.05) is 11.3 Å². The van der Waals surface area contributed by atoms with Crippen LogP contribution in [0.3, 0.4) is 0 Å².